The number of aryl methyl sites for hydroxylation is 1. The lowest BCUT2D eigenvalue weighted by atomic mass is 9.82. The van der Waals surface area contributed by atoms with Crippen LogP contribution in [0, 0.1) is 5.92 Å². The van der Waals surface area contributed by atoms with Crippen molar-refractivity contribution in [2.45, 2.75) is 59.4 Å². The molecule has 1 aromatic carbocycles. The highest BCUT2D eigenvalue weighted by Gasteiger charge is 2.46. The first kappa shape index (κ1) is 17.5. The van der Waals surface area contributed by atoms with E-state index in [4.69, 9.17) is 0 Å². The van der Waals surface area contributed by atoms with Crippen molar-refractivity contribution in [3.05, 3.63) is 53.6 Å². The number of β-lactam (4-membered cyclic amide) rings is 1. The molecule has 1 aliphatic heterocycles. The molecule has 2 rings (SSSR count). The fraction of sp³-hybridized carbons (Fsp3) is 0.476. The summed E-state index contributed by atoms with van der Waals surface area (Å²) in [6, 6.07) is 8.65. The highest BCUT2D eigenvalue weighted by Crippen LogP contribution is 2.37. The molecular weight excluding hydrogens is 282 g/mol. The number of rotatable bonds is 7. The van der Waals surface area contributed by atoms with Gasteiger partial charge in [-0.1, -0.05) is 64.5 Å². The standard InChI is InChI=1S/C21H29NO/c1-5-8-11-18(10-7-3)20-16(4)21(23)22(20)19-14-12-17(9-6-2)13-15-19/h8,10-16,20H,5-7,9H2,1-4H3. The van der Waals surface area contributed by atoms with E-state index in [2.05, 4.69) is 63.3 Å². The molecule has 1 fully saturated rings. The molecular formula is C21H29NO. The molecule has 0 N–H and O–H groups in total. The van der Waals surface area contributed by atoms with Crippen molar-refractivity contribution in [2.24, 2.45) is 5.92 Å². The largest absolute Gasteiger partial charge is 0.304 e. The van der Waals surface area contributed by atoms with Gasteiger partial charge in [0.15, 0.2) is 0 Å². The van der Waals surface area contributed by atoms with Crippen molar-refractivity contribution in [1.29, 1.82) is 0 Å². The third kappa shape index (κ3) is 3.74. The van der Waals surface area contributed by atoms with Gasteiger partial charge < -0.3 is 4.90 Å². The van der Waals surface area contributed by atoms with Crippen molar-refractivity contribution < 1.29 is 4.79 Å². The summed E-state index contributed by atoms with van der Waals surface area (Å²) in [6.07, 6.45) is 10.9. The van der Waals surface area contributed by atoms with E-state index < -0.39 is 0 Å². The van der Waals surface area contributed by atoms with E-state index in [1.54, 1.807) is 0 Å². The van der Waals surface area contributed by atoms with E-state index in [1.807, 2.05) is 11.8 Å². The molecule has 2 heteroatoms. The zero-order chi connectivity index (χ0) is 16.8. The van der Waals surface area contributed by atoms with Gasteiger partial charge in [-0.25, -0.2) is 0 Å². The molecule has 0 radical (unpaired) electrons. The van der Waals surface area contributed by atoms with Crippen LogP contribution in [-0.4, -0.2) is 11.9 Å². The fourth-order valence-electron chi connectivity index (χ4n) is 3.25. The van der Waals surface area contributed by atoms with Crippen molar-refractivity contribution in [1.82, 2.24) is 0 Å². The van der Waals surface area contributed by atoms with Gasteiger partial charge in [-0.15, -0.1) is 0 Å². The van der Waals surface area contributed by atoms with E-state index in [9.17, 15) is 4.79 Å². The minimum absolute atomic E-state index is 0.0598. The van der Waals surface area contributed by atoms with Crippen LogP contribution in [0.4, 0.5) is 5.69 Å². The zero-order valence-corrected chi connectivity index (χ0v) is 14.9. The Labute approximate surface area is 140 Å². The highest BCUT2D eigenvalue weighted by molar-refractivity contribution is 6.04. The molecule has 124 valence electrons. The maximum atomic E-state index is 12.4. The molecule has 1 saturated heterocycles. The Kier molecular flexibility index (Phi) is 6.20. The van der Waals surface area contributed by atoms with Gasteiger partial charge in [0.2, 0.25) is 5.91 Å². The quantitative estimate of drug-likeness (QED) is 0.495. The van der Waals surface area contributed by atoms with Crippen LogP contribution in [0.25, 0.3) is 0 Å². The highest BCUT2D eigenvalue weighted by atomic mass is 16.2. The third-order valence-corrected chi connectivity index (χ3v) is 4.46. The summed E-state index contributed by atoms with van der Waals surface area (Å²) in [6.45, 7) is 8.51. The summed E-state index contributed by atoms with van der Waals surface area (Å²) in [5, 5.41) is 0. The van der Waals surface area contributed by atoms with Crippen LogP contribution in [0.3, 0.4) is 0 Å². The second kappa shape index (κ2) is 8.14. The van der Waals surface area contributed by atoms with Crippen LogP contribution in [0.2, 0.25) is 0 Å². The van der Waals surface area contributed by atoms with E-state index >= 15 is 0 Å². The second-order valence-corrected chi connectivity index (χ2v) is 6.28. The molecule has 0 aliphatic carbocycles. The number of carbonyl (C=O) groups excluding carboxylic acids is 1. The lowest BCUT2D eigenvalue weighted by Gasteiger charge is -2.46. The molecule has 0 spiro atoms. The second-order valence-electron chi connectivity index (χ2n) is 6.28. The first-order chi connectivity index (χ1) is 11.1. The minimum atomic E-state index is 0.0598. The third-order valence-electron chi connectivity index (χ3n) is 4.46. The molecule has 23 heavy (non-hydrogen) atoms. The van der Waals surface area contributed by atoms with Gasteiger partial charge in [0, 0.05) is 5.69 Å². The first-order valence-electron chi connectivity index (χ1n) is 8.92. The molecule has 0 aromatic heterocycles. The Balaban J connectivity index is 2.26. The van der Waals surface area contributed by atoms with Crippen molar-refractivity contribution in [2.75, 3.05) is 4.90 Å². The number of benzene rings is 1. The Morgan fingerprint density at radius 2 is 1.83 bits per heavy atom. The first-order valence-corrected chi connectivity index (χ1v) is 8.92. The summed E-state index contributed by atoms with van der Waals surface area (Å²) < 4.78 is 0. The predicted octanol–water partition coefficient (Wildman–Crippen LogP) is 5.29. The average molecular weight is 311 g/mol. The van der Waals surface area contributed by atoms with Crippen molar-refractivity contribution in [3.63, 3.8) is 0 Å². The van der Waals surface area contributed by atoms with Gasteiger partial charge in [-0.05, 0) is 42.5 Å². The Morgan fingerprint density at radius 1 is 1.13 bits per heavy atom. The molecule has 2 nitrogen and oxygen atoms in total. The Morgan fingerprint density at radius 3 is 2.39 bits per heavy atom. The number of anilines is 1. The molecule has 1 aliphatic rings. The number of amides is 1. The van der Waals surface area contributed by atoms with E-state index in [0.717, 1.165) is 31.4 Å². The molecule has 0 saturated carbocycles. The van der Waals surface area contributed by atoms with Gasteiger partial charge in [-0.3, -0.25) is 4.79 Å². The number of hydrogen-bond donors (Lipinski definition) is 0. The fourth-order valence-corrected chi connectivity index (χ4v) is 3.25. The summed E-state index contributed by atoms with van der Waals surface area (Å²) in [7, 11) is 0. The molecule has 1 amide bonds. The predicted molar refractivity (Wildman–Crippen MR) is 98.7 cm³/mol. The molecule has 2 unspecified atom stereocenters. The summed E-state index contributed by atoms with van der Waals surface area (Å²) >= 11 is 0. The number of hydrogen-bond acceptors (Lipinski definition) is 1. The van der Waals surface area contributed by atoms with Gasteiger partial charge in [0.1, 0.15) is 0 Å². The lowest BCUT2D eigenvalue weighted by Crippen LogP contribution is -2.60. The molecule has 1 heterocycles. The minimum Gasteiger partial charge on any atom is -0.304 e. The van der Waals surface area contributed by atoms with Crippen LogP contribution in [0.15, 0.2) is 48.1 Å². The smallest absolute Gasteiger partial charge is 0.232 e. The van der Waals surface area contributed by atoms with Crippen LogP contribution < -0.4 is 4.90 Å². The Hall–Kier alpha value is -1.83. The maximum Gasteiger partial charge on any atom is 0.232 e. The normalized spacial score (nSPS) is 21.8. The monoisotopic (exact) mass is 311 g/mol. The van der Waals surface area contributed by atoms with Gasteiger partial charge in [-0.2, -0.15) is 0 Å². The van der Waals surface area contributed by atoms with Crippen molar-refractivity contribution in [3.8, 4) is 0 Å². The number of nitrogens with zero attached hydrogens (tertiary/aromatic N) is 1. The zero-order valence-electron chi connectivity index (χ0n) is 14.9. The number of carbonyl (C=O) groups is 1. The summed E-state index contributed by atoms with van der Waals surface area (Å²) in [5.41, 5.74) is 3.62. The van der Waals surface area contributed by atoms with Crippen LogP contribution in [-0.2, 0) is 11.2 Å². The average Bonchev–Trinajstić information content (AvgIpc) is 2.57. The van der Waals surface area contributed by atoms with Gasteiger partial charge >= 0.3 is 0 Å². The van der Waals surface area contributed by atoms with Gasteiger partial charge in [0.25, 0.3) is 0 Å². The molecule has 0 bridgehead atoms. The number of allylic oxidation sites excluding steroid dienone is 2. The van der Waals surface area contributed by atoms with Crippen molar-refractivity contribution >= 4 is 11.6 Å². The molecule has 2 atom stereocenters. The summed E-state index contributed by atoms with van der Waals surface area (Å²) in [4.78, 5) is 14.4. The lowest BCUT2D eigenvalue weighted by molar-refractivity contribution is -0.128. The van der Waals surface area contributed by atoms with E-state index in [-0.39, 0.29) is 17.9 Å². The van der Waals surface area contributed by atoms with Gasteiger partial charge in [0.05, 0.1) is 12.0 Å². The van der Waals surface area contributed by atoms with Crippen LogP contribution in [0.1, 0.15) is 52.5 Å². The van der Waals surface area contributed by atoms with Crippen LogP contribution >= 0.6 is 0 Å². The molecule has 1 aromatic rings. The maximum absolute atomic E-state index is 12.4. The summed E-state index contributed by atoms with van der Waals surface area (Å²) in [5.74, 6) is 0.287. The topological polar surface area (TPSA) is 20.3 Å². The van der Waals surface area contributed by atoms with E-state index in [0.29, 0.717) is 0 Å². The van der Waals surface area contributed by atoms with Crippen LogP contribution in [0.5, 0.6) is 0 Å². The van der Waals surface area contributed by atoms with E-state index in [1.165, 1.54) is 11.1 Å². The SMILES string of the molecule is CCC=CC(=CCC)C1C(C)C(=O)N1c1ccc(CCC)cc1. The Bertz CT molecular complexity index is 582.